The van der Waals surface area contributed by atoms with Crippen LogP contribution in [0.25, 0.3) is 10.9 Å². The zero-order valence-corrected chi connectivity index (χ0v) is 23.6. The van der Waals surface area contributed by atoms with Gasteiger partial charge in [0.25, 0.3) is 5.91 Å². The van der Waals surface area contributed by atoms with Crippen molar-refractivity contribution < 1.29 is 18.0 Å². The van der Waals surface area contributed by atoms with Gasteiger partial charge in [-0.15, -0.1) is 11.3 Å². The van der Waals surface area contributed by atoms with Crippen LogP contribution >= 0.6 is 22.9 Å². The van der Waals surface area contributed by atoms with Gasteiger partial charge in [0.2, 0.25) is 15.8 Å². The number of benzene rings is 1. The van der Waals surface area contributed by atoms with E-state index in [1.165, 1.54) is 11.3 Å². The molecule has 1 aromatic carbocycles. The predicted molar refractivity (Wildman–Crippen MR) is 148 cm³/mol. The van der Waals surface area contributed by atoms with Crippen LogP contribution in [-0.4, -0.2) is 72.9 Å². The first kappa shape index (κ1) is 27.2. The summed E-state index contributed by atoms with van der Waals surface area (Å²) in [6, 6.07) is 6.30. The molecular weight excluding hydrogens is 548 g/mol. The van der Waals surface area contributed by atoms with Crippen LogP contribution in [-0.2, 0) is 23.0 Å². The number of nitrogens with zero attached hydrogens (tertiary/aromatic N) is 2. The summed E-state index contributed by atoms with van der Waals surface area (Å²) in [5, 5.41) is 4.69. The van der Waals surface area contributed by atoms with E-state index in [0.717, 1.165) is 47.2 Å². The number of carbonyl (C=O) groups excluding carboxylic acids is 2. The molecule has 1 saturated carbocycles. The number of halogens is 1. The van der Waals surface area contributed by atoms with E-state index in [1.54, 1.807) is 24.3 Å². The first-order valence-electron chi connectivity index (χ1n) is 12.5. The number of likely N-dealkylation sites (N-methyl/N-ethyl adjacent to an activating group) is 1. The third-order valence-corrected chi connectivity index (χ3v) is 9.47. The molecule has 1 aliphatic heterocycles. The van der Waals surface area contributed by atoms with Crippen LogP contribution in [0.2, 0.25) is 5.02 Å². The molecule has 2 aliphatic rings. The van der Waals surface area contributed by atoms with Gasteiger partial charge < -0.3 is 20.9 Å². The maximum Gasteiger partial charge on any atom is 0.280 e. The van der Waals surface area contributed by atoms with Crippen LogP contribution in [0.3, 0.4) is 0 Å². The third kappa shape index (κ3) is 5.65. The summed E-state index contributed by atoms with van der Waals surface area (Å²) in [7, 11) is -1.35. The van der Waals surface area contributed by atoms with Gasteiger partial charge in [-0.2, -0.15) is 0 Å². The molecular formula is C25H31ClN6O4S2. The molecule has 10 nitrogen and oxygen atoms in total. The summed E-state index contributed by atoms with van der Waals surface area (Å²) in [4.78, 5) is 38.2. The fraction of sp³-hybridized carbons (Fsp3) is 0.480. The molecule has 204 valence electrons. The molecule has 1 fully saturated rings. The number of amides is 1. The first-order valence-corrected chi connectivity index (χ1v) is 15.5. The Balaban J connectivity index is 1.42. The second-order valence-electron chi connectivity index (χ2n) is 10.4. The van der Waals surface area contributed by atoms with Gasteiger partial charge in [0.05, 0.1) is 23.7 Å². The molecule has 13 heteroatoms. The Labute approximate surface area is 230 Å². The number of rotatable bonds is 7. The lowest BCUT2D eigenvalue weighted by Gasteiger charge is -2.43. The molecule has 5 rings (SSSR count). The van der Waals surface area contributed by atoms with Gasteiger partial charge in [-0.25, -0.2) is 18.1 Å². The molecule has 1 aliphatic carbocycles. The number of carbonyl (C=O) groups is 2. The Hall–Kier alpha value is -2.35. The normalized spacial score (nSPS) is 24.3. The fourth-order valence-corrected chi connectivity index (χ4v) is 7.12. The van der Waals surface area contributed by atoms with Crippen molar-refractivity contribution in [2.75, 3.05) is 26.4 Å². The van der Waals surface area contributed by atoms with Crippen molar-refractivity contribution in [3.8, 4) is 0 Å². The minimum Gasteiger partial charge on any atom is -0.352 e. The van der Waals surface area contributed by atoms with E-state index in [-0.39, 0.29) is 30.6 Å². The molecule has 3 unspecified atom stereocenters. The largest absolute Gasteiger partial charge is 0.352 e. The van der Waals surface area contributed by atoms with Crippen LogP contribution in [0, 0.1) is 5.92 Å². The molecule has 3 aromatic rings. The van der Waals surface area contributed by atoms with Crippen LogP contribution in [0.15, 0.2) is 24.3 Å². The Kier molecular flexibility index (Phi) is 7.40. The number of sulfonamides is 1. The number of nitrogens with one attached hydrogen (secondary N) is 3. The van der Waals surface area contributed by atoms with Crippen molar-refractivity contribution in [3.05, 3.63) is 50.6 Å². The molecule has 0 spiro atoms. The van der Waals surface area contributed by atoms with Crippen LogP contribution in [0.1, 0.15) is 50.1 Å². The molecule has 3 atom stereocenters. The van der Waals surface area contributed by atoms with E-state index >= 15 is 0 Å². The summed E-state index contributed by atoms with van der Waals surface area (Å²) < 4.78 is 25.9. The summed E-state index contributed by atoms with van der Waals surface area (Å²) in [6.07, 6.45) is 3.04. The van der Waals surface area contributed by atoms with Crippen molar-refractivity contribution in [1.82, 2.24) is 24.9 Å². The average Bonchev–Trinajstić information content (AvgIpc) is 3.47. The van der Waals surface area contributed by atoms with Crippen molar-refractivity contribution in [2.45, 2.75) is 43.8 Å². The SMILES string of the molecule is CN1CCc2nc(C(=O)NC3CC(CNS(C)(=O)=O)CCC3(N)C(=O)c3cc4cc(Cl)ccc4[nH]3)sc2C1. The fourth-order valence-electron chi connectivity index (χ4n) is 5.31. The quantitative estimate of drug-likeness (QED) is 0.314. The molecule has 38 heavy (non-hydrogen) atoms. The minimum absolute atomic E-state index is 0.0980. The number of H-pyrrole nitrogens is 1. The van der Waals surface area contributed by atoms with E-state index in [4.69, 9.17) is 17.3 Å². The number of hydrogen-bond donors (Lipinski definition) is 4. The van der Waals surface area contributed by atoms with Crippen molar-refractivity contribution >= 4 is 55.6 Å². The van der Waals surface area contributed by atoms with E-state index in [9.17, 15) is 18.0 Å². The van der Waals surface area contributed by atoms with Crippen molar-refractivity contribution in [1.29, 1.82) is 0 Å². The number of aromatic nitrogens is 2. The lowest BCUT2D eigenvalue weighted by Crippen LogP contribution is -2.66. The van der Waals surface area contributed by atoms with Gasteiger partial charge in [-0.05, 0) is 56.5 Å². The molecule has 2 aromatic heterocycles. The monoisotopic (exact) mass is 578 g/mol. The zero-order chi connectivity index (χ0) is 27.2. The molecule has 0 radical (unpaired) electrons. The van der Waals surface area contributed by atoms with Gasteiger partial charge >= 0.3 is 0 Å². The second kappa shape index (κ2) is 10.3. The second-order valence-corrected chi connectivity index (χ2v) is 13.8. The number of fused-ring (bicyclic) bond motifs is 2. The smallest absolute Gasteiger partial charge is 0.280 e. The highest BCUT2D eigenvalue weighted by atomic mass is 35.5. The Bertz CT molecular complexity index is 1500. The number of thiazole rings is 1. The number of nitrogens with two attached hydrogens (primary N) is 1. The van der Waals surface area contributed by atoms with Crippen LogP contribution < -0.4 is 15.8 Å². The predicted octanol–water partition coefficient (Wildman–Crippen LogP) is 2.29. The highest BCUT2D eigenvalue weighted by Gasteiger charge is 2.48. The average molecular weight is 579 g/mol. The van der Waals surface area contributed by atoms with Crippen LogP contribution in [0.5, 0.6) is 0 Å². The summed E-state index contributed by atoms with van der Waals surface area (Å²) in [6.45, 7) is 1.83. The van der Waals surface area contributed by atoms with Gasteiger partial charge in [-0.3, -0.25) is 9.59 Å². The zero-order valence-electron chi connectivity index (χ0n) is 21.2. The number of Topliss-reactive ketones (excluding diaryl/α,β-unsaturated/α-hetero) is 1. The number of ketones is 1. The van der Waals surface area contributed by atoms with Crippen LogP contribution in [0.4, 0.5) is 0 Å². The third-order valence-electron chi connectivity index (χ3n) is 7.46. The van der Waals surface area contributed by atoms with Gasteiger partial charge in [0.1, 0.15) is 5.54 Å². The molecule has 5 N–H and O–H groups in total. The van der Waals surface area contributed by atoms with Gasteiger partial charge in [0.15, 0.2) is 5.01 Å². The Morgan fingerprint density at radius 2 is 2.13 bits per heavy atom. The highest BCUT2D eigenvalue weighted by Crippen LogP contribution is 2.35. The number of aromatic amines is 1. The van der Waals surface area contributed by atoms with E-state index in [0.29, 0.717) is 28.6 Å². The van der Waals surface area contributed by atoms with Crippen molar-refractivity contribution in [2.24, 2.45) is 11.7 Å². The topological polar surface area (TPSA) is 150 Å². The highest BCUT2D eigenvalue weighted by molar-refractivity contribution is 7.88. The maximum absolute atomic E-state index is 13.9. The standard InChI is InChI=1S/C25H31ClN6O4S2/c1-32-8-6-18-20(13-32)37-24(30-18)23(34)31-21-9-14(12-28-38(2,35)36)5-7-25(21,27)22(33)19-11-15-10-16(26)3-4-17(15)29-19/h3-4,10-11,14,21,28-29H,5-9,12-13,27H2,1-2H3,(H,31,34). The Morgan fingerprint density at radius 3 is 2.89 bits per heavy atom. The minimum atomic E-state index is -3.38. The summed E-state index contributed by atoms with van der Waals surface area (Å²) >= 11 is 7.48. The summed E-state index contributed by atoms with van der Waals surface area (Å²) in [5.41, 5.74) is 7.48. The van der Waals surface area contributed by atoms with Gasteiger partial charge in [-0.1, -0.05) is 11.6 Å². The van der Waals surface area contributed by atoms with E-state index < -0.39 is 21.6 Å². The van der Waals surface area contributed by atoms with E-state index in [2.05, 4.69) is 24.9 Å². The van der Waals surface area contributed by atoms with E-state index in [1.807, 2.05) is 7.05 Å². The number of hydrogen-bond acceptors (Lipinski definition) is 8. The molecule has 0 saturated heterocycles. The molecule has 1 amide bonds. The summed E-state index contributed by atoms with van der Waals surface area (Å²) in [5.74, 6) is -0.788. The Morgan fingerprint density at radius 1 is 1.34 bits per heavy atom. The maximum atomic E-state index is 13.9. The lowest BCUT2D eigenvalue weighted by molar-refractivity contribution is 0.0714. The van der Waals surface area contributed by atoms with Gasteiger partial charge in [0, 0.05) is 46.9 Å². The van der Waals surface area contributed by atoms with Crippen molar-refractivity contribution in [3.63, 3.8) is 0 Å². The lowest BCUT2D eigenvalue weighted by atomic mass is 9.70. The molecule has 0 bridgehead atoms. The first-order chi connectivity index (χ1) is 17.9. The molecule has 3 heterocycles.